The number of carbonyl (C=O) groups excluding carboxylic acids is 1. The highest BCUT2D eigenvalue weighted by Crippen LogP contribution is 2.29. The predicted octanol–water partition coefficient (Wildman–Crippen LogP) is 1.46. The van der Waals surface area contributed by atoms with Crippen molar-refractivity contribution in [1.29, 1.82) is 0 Å². The Kier molecular flexibility index (Phi) is 5.23. The minimum absolute atomic E-state index is 0.0661. The van der Waals surface area contributed by atoms with E-state index in [2.05, 4.69) is 21.2 Å². The van der Waals surface area contributed by atoms with Crippen LogP contribution in [0.3, 0.4) is 0 Å². The maximum absolute atomic E-state index is 13.0. The normalized spacial score (nSPS) is 19.0. The number of ether oxygens (including phenoxy) is 1. The minimum Gasteiger partial charge on any atom is -0.480 e. The number of aryl methyl sites for hydroxylation is 1. The van der Waals surface area contributed by atoms with Gasteiger partial charge < -0.3 is 9.64 Å². The van der Waals surface area contributed by atoms with Crippen molar-refractivity contribution in [2.75, 3.05) is 13.1 Å². The van der Waals surface area contributed by atoms with Gasteiger partial charge in [-0.3, -0.25) is 9.59 Å². The van der Waals surface area contributed by atoms with Crippen molar-refractivity contribution in [1.82, 2.24) is 29.4 Å². The smallest absolute Gasteiger partial charge is 0.266 e. The van der Waals surface area contributed by atoms with Gasteiger partial charge in [0.1, 0.15) is 18.4 Å². The fourth-order valence-electron chi connectivity index (χ4n) is 4.30. The number of benzene rings is 1. The average molecular weight is 420 g/mol. The highest BCUT2D eigenvalue weighted by Gasteiger charge is 2.32. The molecule has 4 heterocycles. The van der Waals surface area contributed by atoms with E-state index in [1.807, 2.05) is 23.1 Å². The zero-order chi connectivity index (χ0) is 21.2. The van der Waals surface area contributed by atoms with Crippen LogP contribution in [0.15, 0.2) is 53.8 Å². The fourth-order valence-corrected chi connectivity index (χ4v) is 4.30. The number of rotatable bonds is 4. The Balaban J connectivity index is 1.19. The molecule has 0 saturated carbocycles. The molecule has 0 bridgehead atoms. The third-order valence-electron chi connectivity index (χ3n) is 6.06. The zero-order valence-corrected chi connectivity index (χ0v) is 17.1. The topological polar surface area (TPSA) is 95.1 Å². The highest BCUT2D eigenvalue weighted by atomic mass is 16.5. The highest BCUT2D eigenvalue weighted by molar-refractivity contribution is 5.81. The molecule has 0 N–H and O–H groups in total. The van der Waals surface area contributed by atoms with Gasteiger partial charge in [0.25, 0.3) is 11.5 Å². The van der Waals surface area contributed by atoms with E-state index in [0.29, 0.717) is 31.9 Å². The van der Waals surface area contributed by atoms with Crippen molar-refractivity contribution < 1.29 is 9.53 Å². The third kappa shape index (κ3) is 4.08. The van der Waals surface area contributed by atoms with Crippen LogP contribution in [0.4, 0.5) is 0 Å². The summed E-state index contributed by atoms with van der Waals surface area (Å²) in [4.78, 5) is 31.1. The summed E-state index contributed by atoms with van der Waals surface area (Å²) < 4.78 is 8.99. The second-order valence-corrected chi connectivity index (χ2v) is 8.07. The number of nitrogens with zero attached hydrogens (tertiary/aromatic N) is 6. The monoisotopic (exact) mass is 420 g/mol. The Morgan fingerprint density at radius 3 is 2.74 bits per heavy atom. The number of piperidine rings is 1. The molecule has 1 saturated heterocycles. The quantitative estimate of drug-likeness (QED) is 0.634. The summed E-state index contributed by atoms with van der Waals surface area (Å²) in [6, 6.07) is 11.1. The van der Waals surface area contributed by atoms with Crippen LogP contribution in [0.25, 0.3) is 5.82 Å². The molecule has 9 heteroatoms. The molecule has 9 nitrogen and oxygen atoms in total. The molecule has 0 radical (unpaired) electrons. The molecule has 1 fully saturated rings. The first-order valence-electron chi connectivity index (χ1n) is 10.6. The van der Waals surface area contributed by atoms with Crippen LogP contribution in [0.2, 0.25) is 0 Å². The first kappa shape index (κ1) is 19.5. The van der Waals surface area contributed by atoms with E-state index in [4.69, 9.17) is 4.74 Å². The van der Waals surface area contributed by atoms with Crippen LogP contribution in [-0.2, 0) is 17.8 Å². The molecule has 0 aliphatic carbocycles. The molecule has 1 atom stereocenters. The Morgan fingerprint density at radius 1 is 1.10 bits per heavy atom. The molecule has 3 aromatic rings. The van der Waals surface area contributed by atoms with Crippen LogP contribution in [-0.4, -0.2) is 54.5 Å². The van der Waals surface area contributed by atoms with Gasteiger partial charge in [0, 0.05) is 25.7 Å². The maximum Gasteiger partial charge on any atom is 0.266 e. The molecule has 2 aliphatic heterocycles. The van der Waals surface area contributed by atoms with Crippen LogP contribution in [0, 0.1) is 5.92 Å². The molecule has 2 aromatic heterocycles. The molecule has 1 unspecified atom stereocenters. The zero-order valence-electron chi connectivity index (χ0n) is 17.1. The summed E-state index contributed by atoms with van der Waals surface area (Å²) >= 11 is 0. The number of likely N-dealkylation sites (tertiary alicyclic amines) is 1. The van der Waals surface area contributed by atoms with Crippen molar-refractivity contribution in [3.05, 3.63) is 65.0 Å². The SMILES string of the molecule is O=C(C1CCc2ccccc2O1)N1CCC(Cn2nc(-n3cncn3)ccc2=O)CC1. The van der Waals surface area contributed by atoms with E-state index < -0.39 is 6.10 Å². The van der Waals surface area contributed by atoms with Crippen LogP contribution in [0.5, 0.6) is 5.75 Å². The number of carbonyl (C=O) groups is 1. The van der Waals surface area contributed by atoms with Crippen molar-refractivity contribution in [2.24, 2.45) is 5.92 Å². The number of aromatic nitrogens is 5. The molecule has 2 aliphatic rings. The second-order valence-electron chi connectivity index (χ2n) is 8.07. The standard InChI is InChI=1S/C22H24N6O3/c29-21-8-7-20(28-15-23-14-24-28)25-27(21)13-16-9-11-26(12-10-16)22(30)19-6-5-17-3-1-2-4-18(17)31-19/h1-4,7-8,14-16,19H,5-6,9-13H2. The molecular weight excluding hydrogens is 396 g/mol. The number of para-hydroxylation sites is 1. The van der Waals surface area contributed by atoms with Gasteiger partial charge >= 0.3 is 0 Å². The Hall–Kier alpha value is -3.49. The summed E-state index contributed by atoms with van der Waals surface area (Å²) in [5.74, 6) is 1.73. The first-order chi connectivity index (χ1) is 15.2. The average Bonchev–Trinajstić information content (AvgIpc) is 3.35. The summed E-state index contributed by atoms with van der Waals surface area (Å²) in [6.07, 6.45) is 5.80. The lowest BCUT2D eigenvalue weighted by molar-refractivity contribution is -0.141. The van der Waals surface area contributed by atoms with Crippen LogP contribution in [0.1, 0.15) is 24.8 Å². The van der Waals surface area contributed by atoms with E-state index >= 15 is 0 Å². The maximum atomic E-state index is 13.0. The number of amides is 1. The van der Waals surface area contributed by atoms with Crippen LogP contribution < -0.4 is 10.3 Å². The summed E-state index contributed by atoms with van der Waals surface area (Å²) in [6.45, 7) is 1.86. The Morgan fingerprint density at radius 2 is 1.94 bits per heavy atom. The van der Waals surface area contributed by atoms with Gasteiger partial charge in [0.05, 0.1) is 0 Å². The van der Waals surface area contributed by atoms with Gasteiger partial charge in [0.2, 0.25) is 0 Å². The molecule has 0 spiro atoms. The Labute approximate surface area is 179 Å². The first-order valence-corrected chi connectivity index (χ1v) is 10.6. The van der Waals surface area contributed by atoms with Gasteiger partial charge in [-0.05, 0) is 49.3 Å². The lowest BCUT2D eigenvalue weighted by atomic mass is 9.95. The largest absolute Gasteiger partial charge is 0.480 e. The molecule has 31 heavy (non-hydrogen) atoms. The van der Waals surface area contributed by atoms with E-state index in [-0.39, 0.29) is 17.4 Å². The summed E-state index contributed by atoms with van der Waals surface area (Å²) in [7, 11) is 0. The van der Waals surface area contributed by atoms with Gasteiger partial charge in [0.15, 0.2) is 11.9 Å². The van der Waals surface area contributed by atoms with E-state index in [0.717, 1.165) is 30.6 Å². The van der Waals surface area contributed by atoms with Crippen molar-refractivity contribution in [3.8, 4) is 11.6 Å². The van der Waals surface area contributed by atoms with Gasteiger partial charge in [-0.1, -0.05) is 18.2 Å². The molecule has 160 valence electrons. The Bertz CT molecular complexity index is 1120. The number of hydrogen-bond acceptors (Lipinski definition) is 6. The third-order valence-corrected chi connectivity index (χ3v) is 6.06. The molecular formula is C22H24N6O3. The van der Waals surface area contributed by atoms with Crippen LogP contribution >= 0.6 is 0 Å². The van der Waals surface area contributed by atoms with E-state index in [1.54, 1.807) is 12.4 Å². The fraction of sp³-hybridized carbons (Fsp3) is 0.409. The molecule has 1 amide bonds. The summed E-state index contributed by atoms with van der Waals surface area (Å²) in [5, 5.41) is 8.49. The molecule has 1 aromatic carbocycles. The number of hydrogen-bond donors (Lipinski definition) is 0. The predicted molar refractivity (Wildman–Crippen MR) is 112 cm³/mol. The van der Waals surface area contributed by atoms with Gasteiger partial charge in [-0.25, -0.2) is 14.3 Å². The second kappa shape index (κ2) is 8.33. The molecule has 5 rings (SSSR count). The lowest BCUT2D eigenvalue weighted by Crippen LogP contribution is -2.47. The van der Waals surface area contributed by atoms with Crippen molar-refractivity contribution in [2.45, 2.75) is 38.3 Å². The van der Waals surface area contributed by atoms with Crippen molar-refractivity contribution in [3.63, 3.8) is 0 Å². The lowest BCUT2D eigenvalue weighted by Gasteiger charge is -2.35. The van der Waals surface area contributed by atoms with Gasteiger partial charge in [-0.2, -0.15) is 5.10 Å². The number of fused-ring (bicyclic) bond motifs is 1. The van der Waals surface area contributed by atoms with E-state index in [1.165, 1.54) is 21.8 Å². The van der Waals surface area contributed by atoms with Crippen molar-refractivity contribution >= 4 is 5.91 Å². The van der Waals surface area contributed by atoms with Gasteiger partial charge in [-0.15, -0.1) is 5.10 Å². The van der Waals surface area contributed by atoms with E-state index in [9.17, 15) is 9.59 Å². The summed E-state index contributed by atoms with van der Waals surface area (Å²) in [5.41, 5.74) is 1.02. The minimum atomic E-state index is -0.407.